The quantitative estimate of drug-likeness (QED) is 0.431. The summed E-state index contributed by atoms with van der Waals surface area (Å²) in [5.41, 5.74) is 0. The third-order valence-corrected chi connectivity index (χ3v) is 1.58. The highest BCUT2D eigenvalue weighted by atomic mass is 16.5. The molecule has 0 amide bonds. The molecule has 0 saturated heterocycles. The van der Waals surface area contributed by atoms with Crippen molar-refractivity contribution in [1.82, 2.24) is 0 Å². The van der Waals surface area contributed by atoms with Crippen molar-refractivity contribution in [1.29, 1.82) is 0 Å². The van der Waals surface area contributed by atoms with Gasteiger partial charge in [-0.25, -0.2) is 0 Å². The fraction of sp³-hybridized carbons (Fsp3) is 0.714. The second kappa shape index (κ2) is 4.04. The van der Waals surface area contributed by atoms with Crippen LogP contribution in [0.5, 0.6) is 0 Å². The molecule has 0 aromatic carbocycles. The fourth-order valence-electron chi connectivity index (χ4n) is 0.518. The Labute approximate surface area is 60.4 Å². The van der Waals surface area contributed by atoms with Crippen molar-refractivity contribution in [2.75, 3.05) is 7.11 Å². The van der Waals surface area contributed by atoms with E-state index in [1.54, 1.807) is 13.8 Å². The van der Waals surface area contributed by atoms with E-state index in [2.05, 4.69) is 4.74 Å². The van der Waals surface area contributed by atoms with Crippen molar-refractivity contribution in [2.24, 2.45) is 11.8 Å². The minimum atomic E-state index is -0.334. The van der Waals surface area contributed by atoms with Gasteiger partial charge in [-0.3, -0.25) is 4.79 Å². The Morgan fingerprint density at radius 2 is 2.00 bits per heavy atom. The van der Waals surface area contributed by atoms with Crippen LogP contribution in [0.4, 0.5) is 0 Å². The van der Waals surface area contributed by atoms with Gasteiger partial charge >= 0.3 is 5.97 Å². The number of ether oxygens (including phenoxy) is 1. The molecular formula is C7H12O3. The zero-order valence-corrected chi connectivity index (χ0v) is 6.46. The van der Waals surface area contributed by atoms with Crippen LogP contribution in [-0.4, -0.2) is 19.4 Å². The van der Waals surface area contributed by atoms with E-state index in [0.29, 0.717) is 0 Å². The second-order valence-electron chi connectivity index (χ2n) is 2.31. The average molecular weight is 144 g/mol. The molecule has 2 atom stereocenters. The summed E-state index contributed by atoms with van der Waals surface area (Å²) in [6.07, 6.45) is 0.752. The maximum Gasteiger partial charge on any atom is 0.309 e. The molecule has 0 aliphatic carbocycles. The fourth-order valence-corrected chi connectivity index (χ4v) is 0.518. The van der Waals surface area contributed by atoms with Crippen LogP contribution in [0.2, 0.25) is 0 Å². The van der Waals surface area contributed by atoms with E-state index in [-0.39, 0.29) is 17.8 Å². The van der Waals surface area contributed by atoms with Crippen LogP contribution in [0.3, 0.4) is 0 Å². The molecule has 0 fully saturated rings. The zero-order chi connectivity index (χ0) is 8.15. The molecule has 0 aromatic rings. The number of methoxy groups -OCH3 is 1. The van der Waals surface area contributed by atoms with Gasteiger partial charge in [0.05, 0.1) is 13.0 Å². The van der Waals surface area contributed by atoms with Gasteiger partial charge in [0.1, 0.15) is 6.29 Å². The van der Waals surface area contributed by atoms with E-state index >= 15 is 0 Å². The van der Waals surface area contributed by atoms with E-state index in [9.17, 15) is 9.59 Å². The lowest BCUT2D eigenvalue weighted by molar-refractivity contribution is -0.147. The lowest BCUT2D eigenvalue weighted by Crippen LogP contribution is -2.20. The number of esters is 1. The highest BCUT2D eigenvalue weighted by Crippen LogP contribution is 2.08. The molecule has 0 aromatic heterocycles. The van der Waals surface area contributed by atoms with Crippen molar-refractivity contribution in [3.8, 4) is 0 Å². The molecule has 0 bridgehead atoms. The third kappa shape index (κ3) is 2.17. The van der Waals surface area contributed by atoms with Crippen molar-refractivity contribution >= 4 is 12.3 Å². The first-order valence-electron chi connectivity index (χ1n) is 3.16. The van der Waals surface area contributed by atoms with Gasteiger partial charge < -0.3 is 9.53 Å². The molecule has 58 valence electrons. The summed E-state index contributed by atoms with van der Waals surface area (Å²) in [5.74, 6) is -0.922. The Morgan fingerprint density at radius 3 is 2.30 bits per heavy atom. The molecule has 10 heavy (non-hydrogen) atoms. The van der Waals surface area contributed by atoms with E-state index in [1.165, 1.54) is 7.11 Å². The highest BCUT2D eigenvalue weighted by Gasteiger charge is 2.19. The number of aldehydes is 1. The summed E-state index contributed by atoms with van der Waals surface area (Å²) in [5, 5.41) is 0. The van der Waals surface area contributed by atoms with Crippen molar-refractivity contribution in [2.45, 2.75) is 13.8 Å². The van der Waals surface area contributed by atoms with Gasteiger partial charge in [0.25, 0.3) is 0 Å². The maximum atomic E-state index is 10.7. The van der Waals surface area contributed by atoms with Gasteiger partial charge in [0, 0.05) is 5.92 Å². The highest BCUT2D eigenvalue weighted by molar-refractivity contribution is 5.75. The van der Waals surface area contributed by atoms with Crippen molar-refractivity contribution in [3.63, 3.8) is 0 Å². The van der Waals surface area contributed by atoms with Gasteiger partial charge in [0.15, 0.2) is 0 Å². The molecule has 0 aliphatic rings. The summed E-state index contributed by atoms with van der Waals surface area (Å²) in [4.78, 5) is 20.9. The summed E-state index contributed by atoms with van der Waals surface area (Å²) >= 11 is 0. The summed E-state index contributed by atoms with van der Waals surface area (Å²) in [6, 6.07) is 0. The molecule has 0 rings (SSSR count). The number of hydrogen-bond acceptors (Lipinski definition) is 3. The van der Waals surface area contributed by atoms with Gasteiger partial charge in [-0.2, -0.15) is 0 Å². The van der Waals surface area contributed by atoms with E-state index < -0.39 is 0 Å². The van der Waals surface area contributed by atoms with E-state index in [4.69, 9.17) is 0 Å². The minimum Gasteiger partial charge on any atom is -0.469 e. The van der Waals surface area contributed by atoms with Crippen LogP contribution in [-0.2, 0) is 14.3 Å². The first-order valence-corrected chi connectivity index (χ1v) is 3.16. The standard InChI is InChI=1S/C7H12O3/c1-5(4-8)6(2)7(9)10-3/h4-6H,1-3H3/t5-,6-/m0/s1. The van der Waals surface area contributed by atoms with Gasteiger partial charge in [-0.15, -0.1) is 0 Å². The van der Waals surface area contributed by atoms with Gasteiger partial charge in [-0.1, -0.05) is 13.8 Å². The Balaban J connectivity index is 3.93. The molecule has 0 saturated carbocycles. The number of rotatable bonds is 3. The predicted octanol–water partition coefficient (Wildman–Crippen LogP) is 0.630. The van der Waals surface area contributed by atoms with Gasteiger partial charge in [-0.05, 0) is 0 Å². The summed E-state index contributed by atoms with van der Waals surface area (Å²) in [6.45, 7) is 3.36. The first kappa shape index (κ1) is 9.14. The Bertz CT molecular complexity index is 131. The third-order valence-electron chi connectivity index (χ3n) is 1.58. The smallest absolute Gasteiger partial charge is 0.309 e. The lowest BCUT2D eigenvalue weighted by Gasteiger charge is -2.10. The molecular weight excluding hydrogens is 132 g/mol. The number of hydrogen-bond donors (Lipinski definition) is 0. The molecule has 0 N–H and O–H groups in total. The zero-order valence-electron chi connectivity index (χ0n) is 6.46. The monoisotopic (exact) mass is 144 g/mol. The van der Waals surface area contributed by atoms with Crippen LogP contribution in [0, 0.1) is 11.8 Å². The Hall–Kier alpha value is -0.860. The van der Waals surface area contributed by atoms with Crippen LogP contribution in [0.1, 0.15) is 13.8 Å². The van der Waals surface area contributed by atoms with E-state index in [0.717, 1.165) is 6.29 Å². The SMILES string of the molecule is COC(=O)[C@@H](C)[C@@H](C)C=O. The number of carbonyl (C=O) groups excluding carboxylic acids is 2. The largest absolute Gasteiger partial charge is 0.469 e. The van der Waals surface area contributed by atoms with Crippen LogP contribution >= 0.6 is 0 Å². The maximum absolute atomic E-state index is 10.7. The molecule has 0 unspecified atom stereocenters. The predicted molar refractivity (Wildman–Crippen MR) is 36.4 cm³/mol. The second-order valence-corrected chi connectivity index (χ2v) is 2.31. The van der Waals surface area contributed by atoms with E-state index in [1.807, 2.05) is 0 Å². The Kier molecular flexibility index (Phi) is 3.69. The lowest BCUT2D eigenvalue weighted by atomic mass is 9.98. The molecule has 0 spiro atoms. The van der Waals surface area contributed by atoms with Crippen molar-refractivity contribution in [3.05, 3.63) is 0 Å². The molecule has 3 nitrogen and oxygen atoms in total. The topological polar surface area (TPSA) is 43.4 Å². The van der Waals surface area contributed by atoms with Crippen LogP contribution in [0.25, 0.3) is 0 Å². The number of carbonyl (C=O) groups is 2. The molecule has 3 heteroatoms. The minimum absolute atomic E-state index is 0.257. The summed E-state index contributed by atoms with van der Waals surface area (Å²) in [7, 11) is 1.32. The normalized spacial score (nSPS) is 15.5. The van der Waals surface area contributed by atoms with Crippen LogP contribution < -0.4 is 0 Å². The molecule has 0 radical (unpaired) electrons. The first-order chi connectivity index (χ1) is 4.63. The summed E-state index contributed by atoms with van der Waals surface area (Å²) < 4.78 is 4.44. The average Bonchev–Trinajstić information content (AvgIpc) is 2.00. The van der Waals surface area contributed by atoms with Crippen LogP contribution in [0.15, 0.2) is 0 Å². The molecule has 0 aliphatic heterocycles. The Morgan fingerprint density at radius 1 is 1.50 bits per heavy atom. The van der Waals surface area contributed by atoms with Gasteiger partial charge in [0.2, 0.25) is 0 Å². The molecule has 0 heterocycles. The van der Waals surface area contributed by atoms with Crippen molar-refractivity contribution < 1.29 is 14.3 Å².